The Morgan fingerprint density at radius 3 is 2.31 bits per heavy atom. The van der Waals surface area contributed by atoms with Crippen LogP contribution < -0.4 is 5.32 Å². The SMILES string of the molecule is Cl.Fc1cc(Br)cc(F)c1[C@@H]1CCCCN1. The van der Waals surface area contributed by atoms with E-state index in [1.54, 1.807) is 0 Å². The van der Waals surface area contributed by atoms with Crippen molar-refractivity contribution in [3.8, 4) is 0 Å². The van der Waals surface area contributed by atoms with E-state index in [0.29, 0.717) is 4.47 Å². The first-order valence-electron chi connectivity index (χ1n) is 5.06. The van der Waals surface area contributed by atoms with Crippen molar-refractivity contribution in [1.82, 2.24) is 5.32 Å². The number of nitrogens with one attached hydrogen (secondary N) is 1. The lowest BCUT2D eigenvalue weighted by Gasteiger charge is -2.24. The summed E-state index contributed by atoms with van der Waals surface area (Å²) in [5, 5.41) is 3.14. The van der Waals surface area contributed by atoms with Crippen molar-refractivity contribution in [2.75, 3.05) is 6.54 Å². The normalized spacial score (nSPS) is 20.3. The van der Waals surface area contributed by atoms with Crippen LogP contribution in [0.5, 0.6) is 0 Å². The van der Waals surface area contributed by atoms with Gasteiger partial charge in [0.15, 0.2) is 0 Å². The summed E-state index contributed by atoms with van der Waals surface area (Å²) in [6, 6.07) is 2.45. The topological polar surface area (TPSA) is 12.0 Å². The van der Waals surface area contributed by atoms with Gasteiger partial charge in [-0.25, -0.2) is 8.78 Å². The van der Waals surface area contributed by atoms with Gasteiger partial charge >= 0.3 is 0 Å². The largest absolute Gasteiger partial charge is 0.310 e. The molecule has 0 spiro atoms. The van der Waals surface area contributed by atoms with E-state index in [0.717, 1.165) is 25.8 Å². The third-order valence-corrected chi connectivity index (χ3v) is 3.16. The Labute approximate surface area is 108 Å². The standard InChI is InChI=1S/C11H12BrF2N.ClH/c12-7-5-8(13)11(9(14)6-7)10-3-1-2-4-15-10;/h5-6,10,15H,1-4H2;1H/t10-;/m0./s1. The number of halogens is 4. The van der Waals surface area contributed by atoms with E-state index >= 15 is 0 Å². The molecule has 1 aromatic rings. The highest BCUT2D eigenvalue weighted by Gasteiger charge is 2.22. The van der Waals surface area contributed by atoms with Crippen molar-refractivity contribution >= 4 is 28.3 Å². The summed E-state index contributed by atoms with van der Waals surface area (Å²) in [4.78, 5) is 0. The second-order valence-corrected chi connectivity index (χ2v) is 4.70. The maximum absolute atomic E-state index is 13.6. The molecule has 1 aliphatic rings. The first-order valence-corrected chi connectivity index (χ1v) is 5.85. The molecule has 1 atom stereocenters. The van der Waals surface area contributed by atoms with Crippen molar-refractivity contribution in [2.24, 2.45) is 0 Å². The third-order valence-electron chi connectivity index (χ3n) is 2.70. The van der Waals surface area contributed by atoms with Crippen LogP contribution in [0.3, 0.4) is 0 Å². The molecule has 90 valence electrons. The highest BCUT2D eigenvalue weighted by molar-refractivity contribution is 9.10. The quantitative estimate of drug-likeness (QED) is 0.827. The molecular formula is C11H13BrClF2N. The predicted octanol–water partition coefficient (Wildman–Crippen LogP) is 3.96. The zero-order chi connectivity index (χ0) is 10.8. The van der Waals surface area contributed by atoms with Crippen molar-refractivity contribution in [3.63, 3.8) is 0 Å². The minimum atomic E-state index is -0.471. The molecule has 0 aromatic heterocycles. The Kier molecular flexibility index (Phi) is 5.15. The van der Waals surface area contributed by atoms with Gasteiger partial charge in [0.1, 0.15) is 11.6 Å². The molecule has 16 heavy (non-hydrogen) atoms. The van der Waals surface area contributed by atoms with Gasteiger partial charge in [-0.1, -0.05) is 22.4 Å². The van der Waals surface area contributed by atoms with Crippen LogP contribution in [0.2, 0.25) is 0 Å². The monoisotopic (exact) mass is 311 g/mol. The van der Waals surface area contributed by atoms with Gasteiger partial charge in [0.2, 0.25) is 0 Å². The van der Waals surface area contributed by atoms with Crippen molar-refractivity contribution < 1.29 is 8.78 Å². The lowest BCUT2D eigenvalue weighted by atomic mass is 9.97. The fraction of sp³-hybridized carbons (Fsp3) is 0.455. The van der Waals surface area contributed by atoms with Gasteiger partial charge in [-0.15, -0.1) is 12.4 Å². The van der Waals surface area contributed by atoms with Crippen LogP contribution in [-0.4, -0.2) is 6.54 Å². The highest BCUT2D eigenvalue weighted by Crippen LogP contribution is 2.29. The molecule has 0 unspecified atom stereocenters. The molecule has 0 aliphatic carbocycles. The molecule has 0 saturated carbocycles. The summed E-state index contributed by atoms with van der Waals surface area (Å²) >= 11 is 3.07. The third kappa shape index (κ3) is 2.93. The van der Waals surface area contributed by atoms with E-state index in [9.17, 15) is 8.78 Å². The number of piperidine rings is 1. The molecule has 1 heterocycles. The molecule has 1 nitrogen and oxygen atoms in total. The van der Waals surface area contributed by atoms with Gasteiger partial charge in [-0.2, -0.15) is 0 Å². The molecule has 2 rings (SSSR count). The molecule has 5 heteroatoms. The van der Waals surface area contributed by atoms with E-state index in [1.807, 2.05) is 0 Å². The smallest absolute Gasteiger partial charge is 0.132 e. The van der Waals surface area contributed by atoms with Gasteiger partial charge in [0.25, 0.3) is 0 Å². The molecule has 0 amide bonds. The number of benzene rings is 1. The Hall–Kier alpha value is -0.190. The molecule has 1 fully saturated rings. The lowest BCUT2D eigenvalue weighted by Crippen LogP contribution is -2.28. The molecular weight excluding hydrogens is 299 g/mol. The Morgan fingerprint density at radius 1 is 1.19 bits per heavy atom. The van der Waals surface area contributed by atoms with Crippen LogP contribution in [0.25, 0.3) is 0 Å². The van der Waals surface area contributed by atoms with Gasteiger partial charge < -0.3 is 5.32 Å². The van der Waals surface area contributed by atoms with Crippen LogP contribution in [0.15, 0.2) is 16.6 Å². The Balaban J connectivity index is 0.00000128. The van der Waals surface area contributed by atoms with Gasteiger partial charge in [-0.3, -0.25) is 0 Å². The van der Waals surface area contributed by atoms with E-state index in [2.05, 4.69) is 21.2 Å². The highest BCUT2D eigenvalue weighted by atomic mass is 79.9. The number of rotatable bonds is 1. The first kappa shape index (κ1) is 13.9. The molecule has 1 aromatic carbocycles. The van der Waals surface area contributed by atoms with Crippen molar-refractivity contribution in [3.05, 3.63) is 33.8 Å². The van der Waals surface area contributed by atoms with E-state index in [1.165, 1.54) is 12.1 Å². The van der Waals surface area contributed by atoms with Crippen LogP contribution >= 0.6 is 28.3 Å². The second kappa shape index (κ2) is 5.94. The van der Waals surface area contributed by atoms with Crippen LogP contribution in [-0.2, 0) is 0 Å². The van der Waals surface area contributed by atoms with E-state index in [4.69, 9.17) is 0 Å². The maximum Gasteiger partial charge on any atom is 0.132 e. The summed E-state index contributed by atoms with van der Waals surface area (Å²) in [5.74, 6) is -0.942. The van der Waals surface area contributed by atoms with Crippen molar-refractivity contribution in [2.45, 2.75) is 25.3 Å². The summed E-state index contributed by atoms with van der Waals surface area (Å²) in [7, 11) is 0. The molecule has 1 saturated heterocycles. The molecule has 1 aliphatic heterocycles. The fourth-order valence-electron chi connectivity index (χ4n) is 1.98. The van der Waals surface area contributed by atoms with E-state index in [-0.39, 0.29) is 24.0 Å². The van der Waals surface area contributed by atoms with Gasteiger partial charge in [0.05, 0.1) is 0 Å². The molecule has 0 radical (unpaired) electrons. The molecule has 0 bridgehead atoms. The maximum atomic E-state index is 13.6. The zero-order valence-corrected chi connectivity index (χ0v) is 11.0. The first-order chi connectivity index (χ1) is 7.18. The average molecular weight is 313 g/mol. The number of hydrogen-bond donors (Lipinski definition) is 1. The zero-order valence-electron chi connectivity index (χ0n) is 8.60. The van der Waals surface area contributed by atoms with Gasteiger partial charge in [-0.05, 0) is 31.5 Å². The summed E-state index contributed by atoms with van der Waals surface area (Å²) in [5.41, 5.74) is 0.179. The summed E-state index contributed by atoms with van der Waals surface area (Å²) in [6.45, 7) is 0.833. The minimum Gasteiger partial charge on any atom is -0.310 e. The minimum absolute atomic E-state index is 0. The van der Waals surface area contributed by atoms with E-state index < -0.39 is 11.6 Å². The van der Waals surface area contributed by atoms with Crippen LogP contribution in [0.4, 0.5) is 8.78 Å². The predicted molar refractivity (Wildman–Crippen MR) is 65.9 cm³/mol. The Morgan fingerprint density at radius 2 is 1.81 bits per heavy atom. The van der Waals surface area contributed by atoms with Crippen molar-refractivity contribution in [1.29, 1.82) is 0 Å². The number of hydrogen-bond acceptors (Lipinski definition) is 1. The Bertz CT molecular complexity index is 344. The second-order valence-electron chi connectivity index (χ2n) is 3.79. The lowest BCUT2D eigenvalue weighted by molar-refractivity contribution is 0.385. The van der Waals surface area contributed by atoms with Crippen LogP contribution in [0, 0.1) is 11.6 Å². The molecule has 1 N–H and O–H groups in total. The average Bonchev–Trinajstić information content (AvgIpc) is 2.17. The van der Waals surface area contributed by atoms with Gasteiger partial charge in [0, 0.05) is 16.1 Å². The summed E-state index contributed by atoms with van der Waals surface area (Å²) < 4.78 is 27.6. The summed E-state index contributed by atoms with van der Waals surface area (Å²) in [6.07, 6.45) is 2.90. The van der Waals surface area contributed by atoms with Crippen LogP contribution in [0.1, 0.15) is 30.9 Å². The fourth-order valence-corrected chi connectivity index (χ4v) is 2.39.